The number of aromatic nitrogens is 5. The van der Waals surface area contributed by atoms with Gasteiger partial charge in [0, 0.05) is 17.3 Å². The minimum Gasteiger partial charge on any atom is -0.368 e. The number of benzene rings is 1. The van der Waals surface area contributed by atoms with Gasteiger partial charge in [-0.25, -0.2) is 4.98 Å². The summed E-state index contributed by atoms with van der Waals surface area (Å²) in [6, 6.07) is 8.75. The Morgan fingerprint density at radius 1 is 1.14 bits per heavy atom. The maximum absolute atomic E-state index is 10.9. The number of pyridine rings is 1. The molecule has 0 bridgehead atoms. The number of halogens is 2. The maximum atomic E-state index is 10.9. The molecule has 1 aromatic carbocycles. The first-order valence-electron chi connectivity index (χ1n) is 8.65. The number of nitrogens with two attached hydrogens (primary N) is 1. The van der Waals surface area contributed by atoms with E-state index in [1.165, 1.54) is 6.92 Å². The SMILES string of the molecule is Cc1ncc2ccc(-c3nc(N)nc(NC(C)(O)c4cccc(Cl)c4Cl)n3)cn12. The van der Waals surface area contributed by atoms with E-state index in [-0.39, 0.29) is 16.9 Å². The highest BCUT2D eigenvalue weighted by Crippen LogP contribution is 2.33. The molecule has 148 valence electrons. The predicted octanol–water partition coefficient (Wildman–Crippen LogP) is 3.66. The highest BCUT2D eigenvalue weighted by Gasteiger charge is 2.28. The van der Waals surface area contributed by atoms with Crippen LogP contribution in [-0.2, 0) is 5.72 Å². The lowest BCUT2D eigenvalue weighted by molar-refractivity contribution is 0.0879. The molecule has 0 radical (unpaired) electrons. The van der Waals surface area contributed by atoms with E-state index in [1.54, 1.807) is 24.4 Å². The van der Waals surface area contributed by atoms with Gasteiger partial charge in [-0.1, -0.05) is 35.3 Å². The Morgan fingerprint density at radius 2 is 1.93 bits per heavy atom. The van der Waals surface area contributed by atoms with Crippen molar-refractivity contribution < 1.29 is 5.11 Å². The molecule has 0 saturated heterocycles. The number of aryl methyl sites for hydroxylation is 1. The van der Waals surface area contributed by atoms with Gasteiger partial charge in [0.2, 0.25) is 11.9 Å². The Morgan fingerprint density at radius 3 is 2.72 bits per heavy atom. The average Bonchev–Trinajstić information content (AvgIpc) is 3.03. The van der Waals surface area contributed by atoms with E-state index in [9.17, 15) is 5.11 Å². The molecular formula is C19H17Cl2N7O. The van der Waals surface area contributed by atoms with E-state index < -0.39 is 5.72 Å². The van der Waals surface area contributed by atoms with Crippen LogP contribution in [-0.4, -0.2) is 29.4 Å². The third-order valence-corrected chi connectivity index (χ3v) is 5.27. The van der Waals surface area contributed by atoms with Crippen molar-refractivity contribution in [3.05, 3.63) is 64.2 Å². The van der Waals surface area contributed by atoms with Crippen LogP contribution in [0.3, 0.4) is 0 Å². The van der Waals surface area contributed by atoms with Gasteiger partial charge in [-0.15, -0.1) is 0 Å². The second kappa shape index (κ2) is 7.14. The second-order valence-corrected chi connectivity index (χ2v) is 7.44. The topological polar surface area (TPSA) is 114 Å². The summed E-state index contributed by atoms with van der Waals surface area (Å²) in [6.07, 6.45) is 3.64. The first-order valence-corrected chi connectivity index (χ1v) is 9.41. The zero-order chi connectivity index (χ0) is 20.8. The molecule has 4 rings (SSSR count). The Labute approximate surface area is 176 Å². The number of aliphatic hydroxyl groups is 1. The molecular weight excluding hydrogens is 413 g/mol. The zero-order valence-corrected chi connectivity index (χ0v) is 17.1. The molecule has 3 aromatic heterocycles. The van der Waals surface area contributed by atoms with Gasteiger partial charge in [0.25, 0.3) is 0 Å². The highest BCUT2D eigenvalue weighted by molar-refractivity contribution is 6.42. The van der Waals surface area contributed by atoms with Crippen LogP contribution in [0.5, 0.6) is 0 Å². The molecule has 3 heterocycles. The van der Waals surface area contributed by atoms with E-state index in [0.717, 1.165) is 16.9 Å². The summed E-state index contributed by atoms with van der Waals surface area (Å²) >= 11 is 12.3. The molecule has 10 heteroatoms. The summed E-state index contributed by atoms with van der Waals surface area (Å²) in [6.45, 7) is 3.42. The maximum Gasteiger partial charge on any atom is 0.230 e. The van der Waals surface area contributed by atoms with Crippen molar-refractivity contribution in [1.29, 1.82) is 0 Å². The molecule has 0 spiro atoms. The molecule has 1 unspecified atom stereocenters. The number of hydrogen-bond acceptors (Lipinski definition) is 7. The fourth-order valence-electron chi connectivity index (χ4n) is 2.99. The van der Waals surface area contributed by atoms with E-state index in [2.05, 4.69) is 25.3 Å². The third-order valence-electron chi connectivity index (χ3n) is 4.45. The molecule has 0 aliphatic carbocycles. The third kappa shape index (κ3) is 3.69. The number of hydrogen-bond donors (Lipinski definition) is 3. The first kappa shape index (κ1) is 19.4. The quantitative estimate of drug-likeness (QED) is 0.424. The first-order chi connectivity index (χ1) is 13.7. The summed E-state index contributed by atoms with van der Waals surface area (Å²) in [5.41, 5.74) is 6.33. The standard InChI is InChI=1S/C19H17Cl2N7O/c1-10-23-8-12-7-6-11(9-28(10)12)16-24-17(22)26-18(25-16)27-19(2,29)13-4-3-5-14(20)15(13)21/h3-9,29H,1-2H3,(H3,22,24,25,26,27). The molecule has 0 saturated carbocycles. The van der Waals surface area contributed by atoms with Crippen molar-refractivity contribution in [2.24, 2.45) is 0 Å². The molecule has 4 aromatic rings. The lowest BCUT2D eigenvalue weighted by Gasteiger charge is -2.26. The number of nitrogen functional groups attached to an aromatic ring is 1. The Bertz CT molecular complexity index is 1220. The average molecular weight is 430 g/mol. The van der Waals surface area contributed by atoms with Crippen molar-refractivity contribution in [1.82, 2.24) is 24.3 Å². The Kier molecular flexibility index (Phi) is 4.77. The van der Waals surface area contributed by atoms with Gasteiger partial charge < -0.3 is 20.6 Å². The molecule has 0 aliphatic heterocycles. The van der Waals surface area contributed by atoms with Crippen molar-refractivity contribution in [3.63, 3.8) is 0 Å². The number of fused-ring (bicyclic) bond motifs is 1. The smallest absolute Gasteiger partial charge is 0.230 e. The molecule has 0 amide bonds. The molecule has 1 atom stereocenters. The summed E-state index contributed by atoms with van der Waals surface area (Å²) in [4.78, 5) is 17.0. The number of imidazole rings is 1. The number of nitrogens with zero attached hydrogens (tertiary/aromatic N) is 5. The zero-order valence-electron chi connectivity index (χ0n) is 15.6. The molecule has 8 nitrogen and oxygen atoms in total. The van der Waals surface area contributed by atoms with Crippen molar-refractivity contribution in [2.45, 2.75) is 19.6 Å². The van der Waals surface area contributed by atoms with Gasteiger partial charge in [0.15, 0.2) is 11.5 Å². The normalized spacial score (nSPS) is 13.4. The van der Waals surface area contributed by atoms with Crippen LogP contribution in [0.4, 0.5) is 11.9 Å². The summed E-state index contributed by atoms with van der Waals surface area (Å²) < 4.78 is 1.92. The number of rotatable bonds is 4. The molecule has 4 N–H and O–H groups in total. The van der Waals surface area contributed by atoms with E-state index >= 15 is 0 Å². The van der Waals surface area contributed by atoms with E-state index in [4.69, 9.17) is 28.9 Å². The molecule has 0 fully saturated rings. The van der Waals surface area contributed by atoms with Gasteiger partial charge >= 0.3 is 0 Å². The van der Waals surface area contributed by atoms with Crippen molar-refractivity contribution in [2.75, 3.05) is 11.1 Å². The minimum absolute atomic E-state index is 0.00735. The summed E-state index contributed by atoms with van der Waals surface area (Å²) in [5, 5.41) is 14.3. The van der Waals surface area contributed by atoms with Gasteiger partial charge in [-0.3, -0.25) is 0 Å². The van der Waals surface area contributed by atoms with Gasteiger partial charge in [-0.2, -0.15) is 15.0 Å². The van der Waals surface area contributed by atoms with Crippen molar-refractivity contribution in [3.8, 4) is 11.4 Å². The fraction of sp³-hybridized carbons (Fsp3) is 0.158. The van der Waals surface area contributed by atoms with E-state index in [1.807, 2.05) is 29.7 Å². The van der Waals surface area contributed by atoms with Gasteiger partial charge in [0.1, 0.15) is 5.82 Å². The lowest BCUT2D eigenvalue weighted by atomic mass is 10.1. The minimum atomic E-state index is -1.60. The highest BCUT2D eigenvalue weighted by atomic mass is 35.5. The molecule has 0 aliphatic rings. The van der Waals surface area contributed by atoms with Crippen LogP contribution in [0.15, 0.2) is 42.7 Å². The number of anilines is 2. The van der Waals surface area contributed by atoms with Gasteiger partial charge in [0.05, 0.1) is 21.8 Å². The van der Waals surface area contributed by atoms with Crippen molar-refractivity contribution >= 4 is 40.6 Å². The van der Waals surface area contributed by atoms with Crippen LogP contribution in [0.2, 0.25) is 10.0 Å². The van der Waals surface area contributed by atoms with E-state index in [0.29, 0.717) is 16.4 Å². The summed E-state index contributed by atoms with van der Waals surface area (Å²) in [5.74, 6) is 1.28. The van der Waals surface area contributed by atoms with Crippen LogP contribution in [0.1, 0.15) is 18.3 Å². The predicted molar refractivity (Wildman–Crippen MR) is 113 cm³/mol. The monoisotopic (exact) mass is 429 g/mol. The summed E-state index contributed by atoms with van der Waals surface area (Å²) in [7, 11) is 0. The van der Waals surface area contributed by atoms with Crippen LogP contribution in [0.25, 0.3) is 16.9 Å². The van der Waals surface area contributed by atoms with Crippen LogP contribution in [0, 0.1) is 6.92 Å². The van der Waals surface area contributed by atoms with Crippen LogP contribution < -0.4 is 11.1 Å². The fourth-order valence-corrected chi connectivity index (χ4v) is 3.48. The molecule has 29 heavy (non-hydrogen) atoms. The Balaban J connectivity index is 1.73. The number of nitrogens with one attached hydrogen (secondary N) is 1. The second-order valence-electron chi connectivity index (χ2n) is 6.66. The van der Waals surface area contributed by atoms with Crippen LogP contribution >= 0.6 is 23.2 Å². The lowest BCUT2D eigenvalue weighted by Crippen LogP contribution is -2.33. The van der Waals surface area contributed by atoms with Gasteiger partial charge in [-0.05, 0) is 32.0 Å². The Hall–Kier alpha value is -2.94. The largest absolute Gasteiger partial charge is 0.368 e.